The predicted octanol–water partition coefficient (Wildman–Crippen LogP) is 5.86. The van der Waals surface area contributed by atoms with Gasteiger partial charge in [0.05, 0.1) is 5.56 Å². The van der Waals surface area contributed by atoms with Crippen molar-refractivity contribution in [1.29, 1.82) is 0 Å². The highest BCUT2D eigenvalue weighted by Gasteiger charge is 2.56. The number of carbonyl (C=O) groups is 2. The fourth-order valence-corrected chi connectivity index (χ4v) is 6.67. The first-order chi connectivity index (χ1) is 20.7. The van der Waals surface area contributed by atoms with E-state index in [1.54, 1.807) is 13.3 Å². The lowest BCUT2D eigenvalue weighted by Crippen LogP contribution is -2.46. The van der Waals surface area contributed by atoms with Gasteiger partial charge in [-0.15, -0.1) is 0 Å². The molecule has 0 bridgehead atoms. The Morgan fingerprint density at radius 1 is 1.11 bits per heavy atom. The number of aromatic nitrogens is 5. The third-order valence-corrected chi connectivity index (χ3v) is 8.64. The van der Waals surface area contributed by atoms with Crippen molar-refractivity contribution in [3.8, 4) is 0 Å². The number of nitrogens with zero attached hydrogens (tertiary/aromatic N) is 5. The van der Waals surface area contributed by atoms with Gasteiger partial charge in [0.2, 0.25) is 0 Å². The number of H-pyrrole nitrogens is 1. The summed E-state index contributed by atoms with van der Waals surface area (Å²) in [5.74, 6) is 3.87. The van der Waals surface area contributed by atoms with Gasteiger partial charge in [-0.2, -0.15) is 5.10 Å². The molecule has 3 heterocycles. The first-order valence-corrected chi connectivity index (χ1v) is 16.1. The molecular weight excluding hydrogens is 558 g/mol. The summed E-state index contributed by atoms with van der Waals surface area (Å²) < 4.78 is 11.0. The standard InChI is InChI=1S/C33H53N7O4/c1-20(2)13-23-24(15-26(41)25-16-35-30(32(3,4)5)38-29(25)34-11-10-12-43-9)27(23)21-14-22(28-36-19-37-39-28)18-40(17-21)31(42)44-33(6,7)8/h16,19-24,27H,10-15,17-18H2,1-9H3,(H,34,35,38)(H,36,37,39)/t21-,22+,23?,24?,27-/m0/s1. The quantitative estimate of drug-likeness (QED) is 0.223. The highest BCUT2D eigenvalue weighted by Crippen LogP contribution is 2.58. The van der Waals surface area contributed by atoms with E-state index >= 15 is 0 Å². The maximum atomic E-state index is 14.0. The Balaban J connectivity index is 1.56. The molecule has 0 radical (unpaired) electrons. The minimum Gasteiger partial charge on any atom is -0.444 e. The summed E-state index contributed by atoms with van der Waals surface area (Å²) in [6.07, 6.45) is 6.08. The maximum absolute atomic E-state index is 14.0. The molecule has 244 valence electrons. The minimum absolute atomic E-state index is 0.0293. The van der Waals surface area contributed by atoms with E-state index in [1.165, 1.54) is 6.33 Å². The van der Waals surface area contributed by atoms with Crippen LogP contribution in [0.15, 0.2) is 12.5 Å². The Hall–Kier alpha value is -3.08. The van der Waals surface area contributed by atoms with Gasteiger partial charge in [0.25, 0.3) is 0 Å². The van der Waals surface area contributed by atoms with Crippen molar-refractivity contribution in [1.82, 2.24) is 30.0 Å². The number of nitrogens with one attached hydrogen (secondary N) is 2. The van der Waals surface area contributed by atoms with Crippen molar-refractivity contribution >= 4 is 17.7 Å². The number of ketones is 1. The van der Waals surface area contributed by atoms with Gasteiger partial charge in [-0.1, -0.05) is 34.6 Å². The van der Waals surface area contributed by atoms with Crippen molar-refractivity contribution in [3.63, 3.8) is 0 Å². The summed E-state index contributed by atoms with van der Waals surface area (Å²) in [4.78, 5) is 42.9. The molecule has 2 N–H and O–H groups in total. The van der Waals surface area contributed by atoms with Crippen LogP contribution in [-0.4, -0.2) is 80.9 Å². The number of Topliss-reactive ketones (excluding diaryl/α,β-unsaturated/α-hetero) is 1. The number of aromatic amines is 1. The number of piperidine rings is 1. The van der Waals surface area contributed by atoms with E-state index in [0.717, 1.165) is 25.1 Å². The van der Waals surface area contributed by atoms with Crippen molar-refractivity contribution < 1.29 is 19.1 Å². The number of methoxy groups -OCH3 is 1. The maximum Gasteiger partial charge on any atom is 0.410 e. The van der Waals surface area contributed by atoms with Crippen LogP contribution in [0.1, 0.15) is 109 Å². The predicted molar refractivity (Wildman–Crippen MR) is 170 cm³/mol. The summed E-state index contributed by atoms with van der Waals surface area (Å²) in [6, 6.07) is 0. The molecule has 1 saturated carbocycles. The summed E-state index contributed by atoms with van der Waals surface area (Å²) in [6.45, 7) is 18.8. The molecule has 4 rings (SSSR count). The molecule has 11 nitrogen and oxygen atoms in total. The molecule has 44 heavy (non-hydrogen) atoms. The Bertz CT molecular complexity index is 1250. The lowest BCUT2D eigenvalue weighted by Gasteiger charge is -2.38. The molecule has 2 aromatic heterocycles. The molecule has 11 heteroatoms. The fourth-order valence-electron chi connectivity index (χ4n) is 6.67. The number of carbonyl (C=O) groups excluding carboxylic acids is 2. The molecule has 2 aromatic rings. The molecule has 0 spiro atoms. The number of rotatable bonds is 12. The third kappa shape index (κ3) is 8.76. The Morgan fingerprint density at radius 3 is 2.48 bits per heavy atom. The van der Waals surface area contributed by atoms with Crippen molar-refractivity contribution in [2.75, 3.05) is 38.7 Å². The molecule has 1 aliphatic carbocycles. The Labute approximate surface area is 262 Å². The van der Waals surface area contributed by atoms with Crippen LogP contribution in [-0.2, 0) is 14.9 Å². The average molecular weight is 612 g/mol. The number of hydrogen-bond acceptors (Lipinski definition) is 9. The number of anilines is 1. The largest absolute Gasteiger partial charge is 0.444 e. The number of ether oxygens (including phenoxy) is 2. The molecular formula is C33H53N7O4. The molecule has 0 aromatic carbocycles. The van der Waals surface area contributed by atoms with Gasteiger partial charge in [-0.05, 0) is 69.6 Å². The van der Waals surface area contributed by atoms with Crippen molar-refractivity contribution in [2.45, 2.75) is 98.0 Å². The normalized spacial score (nSPS) is 24.0. The van der Waals surface area contributed by atoms with Gasteiger partial charge in [-0.25, -0.2) is 19.7 Å². The first kappa shape index (κ1) is 33.8. The Morgan fingerprint density at radius 2 is 1.86 bits per heavy atom. The van der Waals surface area contributed by atoms with Gasteiger partial charge < -0.3 is 19.7 Å². The van der Waals surface area contributed by atoms with Gasteiger partial charge in [0.15, 0.2) is 5.78 Å². The first-order valence-electron chi connectivity index (χ1n) is 16.1. The summed E-state index contributed by atoms with van der Waals surface area (Å²) in [7, 11) is 1.68. The zero-order chi connectivity index (χ0) is 32.2. The van der Waals surface area contributed by atoms with E-state index in [-0.39, 0.29) is 35.0 Å². The zero-order valence-corrected chi connectivity index (χ0v) is 28.1. The molecule has 2 unspecified atom stereocenters. The SMILES string of the molecule is COCCCNc1nc(C(C)(C)C)ncc1C(=O)CC1C(CC(C)C)[C@@H]1[C@H]1C[C@@H](c2ncn[nH]2)CN(C(=O)OC(C)(C)C)C1. The lowest BCUT2D eigenvalue weighted by molar-refractivity contribution is 0.0117. The number of amides is 1. The van der Waals surface area contributed by atoms with E-state index in [0.29, 0.717) is 67.6 Å². The second-order valence-corrected chi connectivity index (χ2v) is 15.1. The summed E-state index contributed by atoms with van der Waals surface area (Å²) in [5, 5.41) is 10.5. The van der Waals surface area contributed by atoms with E-state index in [1.807, 2.05) is 25.7 Å². The van der Waals surface area contributed by atoms with Gasteiger partial charge in [0.1, 0.15) is 29.4 Å². The second-order valence-electron chi connectivity index (χ2n) is 15.1. The van der Waals surface area contributed by atoms with Gasteiger partial charge >= 0.3 is 6.09 Å². The van der Waals surface area contributed by atoms with Crippen LogP contribution in [0.5, 0.6) is 0 Å². The highest BCUT2D eigenvalue weighted by molar-refractivity contribution is 6.00. The smallest absolute Gasteiger partial charge is 0.410 e. The van der Waals surface area contributed by atoms with Crippen LogP contribution in [0, 0.1) is 29.6 Å². The molecule has 2 aliphatic rings. The van der Waals surface area contributed by atoms with Crippen LogP contribution in [0.4, 0.5) is 10.6 Å². The van der Waals surface area contributed by atoms with Crippen LogP contribution >= 0.6 is 0 Å². The summed E-state index contributed by atoms with van der Waals surface area (Å²) in [5.41, 5.74) is -0.279. The van der Waals surface area contributed by atoms with E-state index < -0.39 is 5.60 Å². The number of likely N-dealkylation sites (tertiary alicyclic amines) is 1. The molecule has 5 atom stereocenters. The lowest BCUT2D eigenvalue weighted by atomic mass is 9.83. The van der Waals surface area contributed by atoms with Crippen LogP contribution in [0.2, 0.25) is 0 Å². The van der Waals surface area contributed by atoms with E-state index in [4.69, 9.17) is 14.5 Å². The molecule has 2 fully saturated rings. The molecule has 1 amide bonds. The van der Waals surface area contributed by atoms with E-state index in [9.17, 15) is 9.59 Å². The van der Waals surface area contributed by atoms with Gasteiger partial charge in [0, 0.05) is 57.3 Å². The monoisotopic (exact) mass is 611 g/mol. The average Bonchev–Trinajstić information content (AvgIpc) is 3.30. The van der Waals surface area contributed by atoms with E-state index in [2.05, 4.69) is 60.1 Å². The second kappa shape index (κ2) is 13.9. The van der Waals surface area contributed by atoms with Crippen molar-refractivity contribution in [2.24, 2.45) is 29.6 Å². The molecule has 1 aliphatic heterocycles. The van der Waals surface area contributed by atoms with Crippen molar-refractivity contribution in [3.05, 3.63) is 29.7 Å². The minimum atomic E-state index is -0.583. The Kier molecular flexibility index (Phi) is 10.7. The zero-order valence-electron chi connectivity index (χ0n) is 28.1. The van der Waals surface area contributed by atoms with Crippen LogP contribution in [0.25, 0.3) is 0 Å². The topological polar surface area (TPSA) is 135 Å². The summed E-state index contributed by atoms with van der Waals surface area (Å²) >= 11 is 0. The highest BCUT2D eigenvalue weighted by atomic mass is 16.6. The fraction of sp³-hybridized carbons (Fsp3) is 0.758. The number of hydrogen-bond donors (Lipinski definition) is 2. The third-order valence-electron chi connectivity index (χ3n) is 8.64. The van der Waals surface area contributed by atoms with Gasteiger partial charge in [-0.3, -0.25) is 9.89 Å². The van der Waals surface area contributed by atoms with Crippen LogP contribution < -0.4 is 5.32 Å². The van der Waals surface area contributed by atoms with Crippen LogP contribution in [0.3, 0.4) is 0 Å². The molecule has 1 saturated heterocycles.